The van der Waals surface area contributed by atoms with Gasteiger partial charge in [-0.3, -0.25) is 9.78 Å². The van der Waals surface area contributed by atoms with Gasteiger partial charge in [0.2, 0.25) is 5.95 Å². The molecule has 1 aromatic carbocycles. The average Bonchev–Trinajstić information content (AvgIpc) is 3.16. The predicted octanol–water partition coefficient (Wildman–Crippen LogP) is 3.37. The third-order valence-electron chi connectivity index (χ3n) is 5.24. The van der Waals surface area contributed by atoms with E-state index in [0.717, 1.165) is 35.2 Å². The lowest BCUT2D eigenvalue weighted by Gasteiger charge is -2.32. The Balaban J connectivity index is 1.69. The summed E-state index contributed by atoms with van der Waals surface area (Å²) in [5, 5.41) is 8.12. The zero-order valence-corrected chi connectivity index (χ0v) is 15.4. The first kappa shape index (κ1) is 16.7. The van der Waals surface area contributed by atoms with E-state index in [9.17, 15) is 4.79 Å². The smallest absolute Gasteiger partial charge is 0.226 e. The first-order valence-corrected chi connectivity index (χ1v) is 9.29. The van der Waals surface area contributed by atoms with E-state index in [4.69, 9.17) is 14.8 Å². The fraction of sp³-hybridized carbons (Fsp3) is 0.238. The highest BCUT2D eigenvalue weighted by molar-refractivity contribution is 5.99. The van der Waals surface area contributed by atoms with Gasteiger partial charge in [-0.2, -0.15) is 4.98 Å². The predicted molar refractivity (Wildman–Crippen MR) is 104 cm³/mol. The van der Waals surface area contributed by atoms with Crippen molar-refractivity contribution in [3.8, 4) is 17.1 Å². The number of pyridine rings is 1. The Labute approximate surface area is 162 Å². The van der Waals surface area contributed by atoms with Crippen LogP contribution in [0, 0.1) is 0 Å². The summed E-state index contributed by atoms with van der Waals surface area (Å²) in [6.07, 6.45) is 5.72. The van der Waals surface area contributed by atoms with Gasteiger partial charge in [-0.25, -0.2) is 4.68 Å². The monoisotopic (exact) mass is 373 g/mol. The van der Waals surface area contributed by atoms with Crippen LogP contribution < -0.4 is 10.1 Å². The number of hydrogen-bond donors (Lipinski definition) is 1. The molecular weight excluding hydrogens is 354 g/mol. The molecule has 3 aromatic rings. The number of benzene rings is 1. The quantitative estimate of drug-likeness (QED) is 0.758. The number of carbonyl (C=O) groups is 1. The number of nitrogens with one attached hydrogen (secondary N) is 1. The molecule has 0 saturated carbocycles. The van der Waals surface area contributed by atoms with E-state index in [-0.39, 0.29) is 11.8 Å². The van der Waals surface area contributed by atoms with Gasteiger partial charge in [-0.05, 0) is 42.7 Å². The van der Waals surface area contributed by atoms with Crippen molar-refractivity contribution in [1.82, 2.24) is 19.7 Å². The van der Waals surface area contributed by atoms with Crippen molar-refractivity contribution in [1.29, 1.82) is 0 Å². The van der Waals surface area contributed by atoms with Crippen LogP contribution in [0.3, 0.4) is 0 Å². The summed E-state index contributed by atoms with van der Waals surface area (Å²) < 4.78 is 7.28. The van der Waals surface area contributed by atoms with Gasteiger partial charge in [0.25, 0.3) is 0 Å². The Bertz CT molecular complexity index is 1090. The van der Waals surface area contributed by atoms with E-state index in [1.54, 1.807) is 24.2 Å². The third-order valence-corrected chi connectivity index (χ3v) is 5.24. The van der Waals surface area contributed by atoms with E-state index in [2.05, 4.69) is 10.3 Å². The number of hydrogen-bond acceptors (Lipinski definition) is 6. The molecule has 0 amide bonds. The first-order chi connectivity index (χ1) is 13.8. The summed E-state index contributed by atoms with van der Waals surface area (Å²) in [4.78, 5) is 21.6. The molecule has 140 valence electrons. The van der Waals surface area contributed by atoms with Crippen molar-refractivity contribution < 1.29 is 9.53 Å². The number of anilines is 1. The number of ether oxygens (including phenoxy) is 1. The fourth-order valence-electron chi connectivity index (χ4n) is 3.95. The molecule has 5 rings (SSSR count). The molecule has 7 heteroatoms. The molecule has 0 fully saturated rings. The molecule has 0 radical (unpaired) electrons. The average molecular weight is 373 g/mol. The van der Waals surface area contributed by atoms with Crippen LogP contribution in [0.4, 0.5) is 5.95 Å². The number of nitrogens with zero attached hydrogens (tertiary/aromatic N) is 4. The lowest BCUT2D eigenvalue weighted by molar-refractivity contribution is -0.116. The highest BCUT2D eigenvalue weighted by atomic mass is 16.5. The van der Waals surface area contributed by atoms with E-state index < -0.39 is 0 Å². The Morgan fingerprint density at radius 1 is 1.14 bits per heavy atom. The van der Waals surface area contributed by atoms with Gasteiger partial charge in [0.15, 0.2) is 11.6 Å². The van der Waals surface area contributed by atoms with Gasteiger partial charge in [0.1, 0.15) is 11.8 Å². The Morgan fingerprint density at radius 3 is 2.79 bits per heavy atom. The molecule has 0 bridgehead atoms. The van der Waals surface area contributed by atoms with Crippen LogP contribution in [0.1, 0.15) is 30.9 Å². The molecule has 1 aliphatic heterocycles. The maximum absolute atomic E-state index is 12.8. The lowest BCUT2D eigenvalue weighted by Crippen LogP contribution is -2.31. The summed E-state index contributed by atoms with van der Waals surface area (Å²) in [7, 11) is 1.63. The SMILES string of the molecule is COc1ccccc1-c1nc2n(n1)C(c1ccncc1)C1=C(CCCC1=O)N2. The van der Waals surface area contributed by atoms with E-state index in [1.807, 2.05) is 36.4 Å². The highest BCUT2D eigenvalue weighted by Gasteiger charge is 2.37. The number of allylic oxidation sites excluding steroid dienone is 2. The fourth-order valence-corrected chi connectivity index (χ4v) is 3.95. The Hall–Kier alpha value is -3.48. The molecular formula is C21H19N5O2. The van der Waals surface area contributed by atoms with Crippen molar-refractivity contribution in [2.75, 3.05) is 12.4 Å². The van der Waals surface area contributed by atoms with E-state index in [1.165, 1.54) is 0 Å². The summed E-state index contributed by atoms with van der Waals surface area (Å²) in [6.45, 7) is 0. The van der Waals surface area contributed by atoms with Crippen molar-refractivity contribution in [3.63, 3.8) is 0 Å². The molecule has 7 nitrogen and oxygen atoms in total. The van der Waals surface area contributed by atoms with E-state index in [0.29, 0.717) is 23.9 Å². The normalized spacial score (nSPS) is 18.3. The van der Waals surface area contributed by atoms with Crippen molar-refractivity contribution in [2.45, 2.75) is 25.3 Å². The van der Waals surface area contributed by atoms with Gasteiger partial charge < -0.3 is 10.1 Å². The molecule has 3 heterocycles. The topological polar surface area (TPSA) is 81.9 Å². The van der Waals surface area contributed by atoms with Crippen LogP contribution in [0.15, 0.2) is 60.1 Å². The molecule has 2 aromatic heterocycles. The maximum Gasteiger partial charge on any atom is 0.226 e. The second-order valence-corrected chi connectivity index (χ2v) is 6.88. The van der Waals surface area contributed by atoms with Gasteiger partial charge >= 0.3 is 0 Å². The second-order valence-electron chi connectivity index (χ2n) is 6.88. The van der Waals surface area contributed by atoms with Crippen LogP contribution >= 0.6 is 0 Å². The van der Waals surface area contributed by atoms with Gasteiger partial charge in [0, 0.05) is 30.1 Å². The maximum atomic E-state index is 12.8. The number of aromatic nitrogens is 4. The van der Waals surface area contributed by atoms with E-state index >= 15 is 0 Å². The minimum atomic E-state index is -0.307. The molecule has 2 aliphatic rings. The number of rotatable bonds is 3. The van der Waals surface area contributed by atoms with Crippen molar-refractivity contribution in [3.05, 3.63) is 65.6 Å². The molecule has 0 saturated heterocycles. The number of carbonyl (C=O) groups excluding carboxylic acids is 1. The van der Waals surface area contributed by atoms with Crippen molar-refractivity contribution in [2.24, 2.45) is 0 Å². The van der Waals surface area contributed by atoms with Gasteiger partial charge in [-0.1, -0.05) is 12.1 Å². The minimum absolute atomic E-state index is 0.163. The van der Waals surface area contributed by atoms with Crippen LogP contribution in [0.25, 0.3) is 11.4 Å². The number of para-hydroxylation sites is 1. The van der Waals surface area contributed by atoms with Crippen molar-refractivity contribution >= 4 is 11.7 Å². The Morgan fingerprint density at radius 2 is 1.96 bits per heavy atom. The number of ketones is 1. The largest absolute Gasteiger partial charge is 0.496 e. The zero-order chi connectivity index (χ0) is 19.1. The molecule has 28 heavy (non-hydrogen) atoms. The first-order valence-electron chi connectivity index (χ1n) is 9.29. The molecule has 1 unspecified atom stereocenters. The van der Waals surface area contributed by atoms with Crippen LogP contribution in [0.5, 0.6) is 5.75 Å². The lowest BCUT2D eigenvalue weighted by atomic mass is 9.86. The second kappa shape index (κ2) is 6.60. The summed E-state index contributed by atoms with van der Waals surface area (Å²) >= 11 is 0. The highest BCUT2D eigenvalue weighted by Crippen LogP contribution is 2.41. The number of fused-ring (bicyclic) bond motifs is 1. The molecule has 0 spiro atoms. The summed E-state index contributed by atoms with van der Waals surface area (Å²) in [5.74, 6) is 2.07. The van der Waals surface area contributed by atoms with Crippen LogP contribution in [-0.2, 0) is 4.79 Å². The number of methoxy groups -OCH3 is 1. The van der Waals surface area contributed by atoms with Gasteiger partial charge in [0.05, 0.1) is 12.7 Å². The molecule has 1 N–H and O–H groups in total. The van der Waals surface area contributed by atoms with Gasteiger partial charge in [-0.15, -0.1) is 5.10 Å². The summed E-state index contributed by atoms with van der Waals surface area (Å²) in [5.41, 5.74) is 3.51. The summed E-state index contributed by atoms with van der Waals surface area (Å²) in [6, 6.07) is 11.2. The standard InChI is InChI=1S/C21H19N5O2/c1-28-17-8-3-2-5-14(17)20-24-21-23-15-6-4-7-16(27)18(15)19(26(21)25-20)13-9-11-22-12-10-13/h2-3,5,8-12,19H,4,6-7H2,1H3,(H,23,24,25). The molecule has 1 atom stereocenters. The zero-order valence-electron chi connectivity index (χ0n) is 15.4. The van der Waals surface area contributed by atoms with Crippen LogP contribution in [-0.4, -0.2) is 32.6 Å². The third kappa shape index (κ3) is 2.58. The van der Waals surface area contributed by atoms with Crippen LogP contribution in [0.2, 0.25) is 0 Å². The minimum Gasteiger partial charge on any atom is -0.496 e. The Kier molecular flexibility index (Phi) is 3.93. The molecule has 1 aliphatic carbocycles. The number of Topliss-reactive ketones (excluding diaryl/α,β-unsaturated/α-hetero) is 1.